The summed E-state index contributed by atoms with van der Waals surface area (Å²) in [6, 6.07) is 2.93. The zero-order chi connectivity index (χ0) is 7.40. The van der Waals surface area contributed by atoms with Crippen molar-refractivity contribution in [2.24, 2.45) is 5.73 Å². The molecule has 0 amide bonds. The third-order valence-electron chi connectivity index (χ3n) is 1.30. The fraction of sp³-hybridized carbons (Fsp3) is 0.286. The second-order valence-electron chi connectivity index (χ2n) is 2.04. The molecule has 1 atom stereocenters. The first-order chi connectivity index (χ1) is 4.84. The maximum absolute atomic E-state index is 11.9. The Morgan fingerprint density at radius 2 is 2.00 bits per heavy atom. The van der Waals surface area contributed by atoms with E-state index in [0.717, 1.165) is 5.56 Å². The van der Waals surface area contributed by atoms with E-state index in [1.54, 1.807) is 24.5 Å². The summed E-state index contributed by atoms with van der Waals surface area (Å²) in [6.07, 6.45) is 3.20. The first kappa shape index (κ1) is 10.3. The molecule has 0 unspecified atom stereocenters. The number of rotatable bonds is 2. The summed E-state index contributed by atoms with van der Waals surface area (Å²) in [6.45, 7) is -0.524. The largest absolute Gasteiger partial charge is 0.322 e. The van der Waals surface area contributed by atoms with Gasteiger partial charge < -0.3 is 5.73 Å². The van der Waals surface area contributed by atoms with Crippen molar-refractivity contribution in [3.05, 3.63) is 30.1 Å². The molecule has 1 heterocycles. The number of hydrogen-bond acceptors (Lipinski definition) is 2. The quantitative estimate of drug-likeness (QED) is 0.741. The number of alkyl halides is 1. The topological polar surface area (TPSA) is 38.9 Å². The summed E-state index contributed by atoms with van der Waals surface area (Å²) >= 11 is 0. The van der Waals surface area contributed by atoms with Crippen LogP contribution in [0.4, 0.5) is 4.39 Å². The number of aromatic nitrogens is 1. The molecule has 0 aliphatic carbocycles. The van der Waals surface area contributed by atoms with Gasteiger partial charge in [-0.2, -0.15) is 0 Å². The van der Waals surface area contributed by atoms with Crippen molar-refractivity contribution >= 4 is 12.4 Å². The van der Waals surface area contributed by atoms with Crippen molar-refractivity contribution in [1.82, 2.24) is 4.98 Å². The van der Waals surface area contributed by atoms with Gasteiger partial charge in [0.15, 0.2) is 0 Å². The smallest absolute Gasteiger partial charge is 0.109 e. The van der Waals surface area contributed by atoms with Crippen molar-refractivity contribution in [1.29, 1.82) is 0 Å². The van der Waals surface area contributed by atoms with Crippen LogP contribution in [0.15, 0.2) is 24.5 Å². The Morgan fingerprint density at radius 3 is 2.45 bits per heavy atom. The number of halogens is 2. The molecule has 62 valence electrons. The second-order valence-corrected chi connectivity index (χ2v) is 2.04. The van der Waals surface area contributed by atoms with Crippen LogP contribution in [0.5, 0.6) is 0 Å². The summed E-state index contributed by atoms with van der Waals surface area (Å²) in [5, 5.41) is 0. The van der Waals surface area contributed by atoms with E-state index in [-0.39, 0.29) is 12.4 Å². The maximum atomic E-state index is 11.9. The van der Waals surface area contributed by atoms with Crippen LogP contribution in [0, 0.1) is 0 Å². The Balaban J connectivity index is 0.000001000. The average Bonchev–Trinajstić information content (AvgIpc) is 2.05. The summed E-state index contributed by atoms with van der Waals surface area (Å²) in [5.74, 6) is 0. The Bertz CT molecular complexity index is 193. The highest BCUT2D eigenvalue weighted by molar-refractivity contribution is 5.85. The highest BCUT2D eigenvalue weighted by Gasteiger charge is 2.02. The molecule has 2 nitrogen and oxygen atoms in total. The molecule has 0 aromatic carbocycles. The van der Waals surface area contributed by atoms with Gasteiger partial charge in [-0.3, -0.25) is 4.98 Å². The summed E-state index contributed by atoms with van der Waals surface area (Å²) in [5.41, 5.74) is 6.18. The molecular weight excluding hydrogens is 167 g/mol. The van der Waals surface area contributed by atoms with Crippen LogP contribution < -0.4 is 5.73 Å². The van der Waals surface area contributed by atoms with Gasteiger partial charge in [-0.1, -0.05) is 0 Å². The van der Waals surface area contributed by atoms with Crippen LogP contribution in [-0.4, -0.2) is 11.7 Å². The predicted molar refractivity (Wildman–Crippen MR) is 44.4 cm³/mol. The summed E-state index contributed by atoms with van der Waals surface area (Å²) in [7, 11) is 0. The third-order valence-corrected chi connectivity index (χ3v) is 1.30. The number of nitrogens with two attached hydrogens (primary N) is 1. The first-order valence-corrected chi connectivity index (χ1v) is 3.06. The van der Waals surface area contributed by atoms with E-state index in [4.69, 9.17) is 5.73 Å². The van der Waals surface area contributed by atoms with Gasteiger partial charge in [0, 0.05) is 12.4 Å². The molecule has 0 saturated carbocycles. The van der Waals surface area contributed by atoms with Gasteiger partial charge in [-0.15, -0.1) is 12.4 Å². The van der Waals surface area contributed by atoms with Crippen LogP contribution in [-0.2, 0) is 0 Å². The Morgan fingerprint density at radius 1 is 1.45 bits per heavy atom. The van der Waals surface area contributed by atoms with E-state index in [1.807, 2.05) is 0 Å². The SMILES string of the molecule is Cl.N[C@@H](CF)c1ccncc1. The van der Waals surface area contributed by atoms with Gasteiger partial charge in [0.25, 0.3) is 0 Å². The lowest BCUT2D eigenvalue weighted by Gasteiger charge is -2.04. The van der Waals surface area contributed by atoms with Gasteiger partial charge in [0.1, 0.15) is 6.67 Å². The van der Waals surface area contributed by atoms with Gasteiger partial charge >= 0.3 is 0 Å². The molecule has 0 bridgehead atoms. The zero-order valence-electron chi connectivity index (χ0n) is 5.90. The van der Waals surface area contributed by atoms with Gasteiger partial charge in [0.05, 0.1) is 6.04 Å². The molecule has 1 aromatic heterocycles. The Kier molecular flexibility index (Phi) is 4.74. The van der Waals surface area contributed by atoms with Crippen LogP contribution in [0.25, 0.3) is 0 Å². The first-order valence-electron chi connectivity index (χ1n) is 3.06. The average molecular weight is 177 g/mol. The fourth-order valence-electron chi connectivity index (χ4n) is 0.700. The highest BCUT2D eigenvalue weighted by atomic mass is 35.5. The third kappa shape index (κ3) is 2.82. The molecule has 0 aliphatic rings. The minimum Gasteiger partial charge on any atom is -0.322 e. The van der Waals surface area contributed by atoms with E-state index in [9.17, 15) is 4.39 Å². The van der Waals surface area contributed by atoms with Crippen molar-refractivity contribution in [2.45, 2.75) is 6.04 Å². The molecular formula is C7H10ClFN2. The molecule has 0 saturated heterocycles. The van der Waals surface area contributed by atoms with E-state index in [2.05, 4.69) is 4.98 Å². The van der Waals surface area contributed by atoms with Crippen molar-refractivity contribution in [2.75, 3.05) is 6.67 Å². The van der Waals surface area contributed by atoms with Crippen LogP contribution in [0.2, 0.25) is 0 Å². The number of nitrogens with zero attached hydrogens (tertiary/aromatic N) is 1. The van der Waals surface area contributed by atoms with Crippen LogP contribution in [0.1, 0.15) is 11.6 Å². The molecule has 2 N–H and O–H groups in total. The van der Waals surface area contributed by atoms with Crippen LogP contribution in [0.3, 0.4) is 0 Å². The minimum atomic E-state index is -0.524. The van der Waals surface area contributed by atoms with E-state index < -0.39 is 12.7 Å². The number of pyridine rings is 1. The maximum Gasteiger partial charge on any atom is 0.109 e. The summed E-state index contributed by atoms with van der Waals surface area (Å²) < 4.78 is 11.9. The summed E-state index contributed by atoms with van der Waals surface area (Å²) in [4.78, 5) is 3.78. The molecule has 1 aromatic rings. The monoisotopic (exact) mass is 176 g/mol. The van der Waals surface area contributed by atoms with E-state index in [0.29, 0.717) is 0 Å². The lowest BCUT2D eigenvalue weighted by molar-refractivity contribution is 0.437. The zero-order valence-corrected chi connectivity index (χ0v) is 6.72. The van der Waals surface area contributed by atoms with Crippen molar-refractivity contribution in [3.8, 4) is 0 Å². The van der Waals surface area contributed by atoms with Gasteiger partial charge in [-0.05, 0) is 17.7 Å². The fourth-order valence-corrected chi connectivity index (χ4v) is 0.700. The number of hydrogen-bond donors (Lipinski definition) is 1. The molecule has 0 aliphatic heterocycles. The molecule has 4 heteroatoms. The van der Waals surface area contributed by atoms with Crippen molar-refractivity contribution in [3.63, 3.8) is 0 Å². The lowest BCUT2D eigenvalue weighted by Crippen LogP contribution is -2.11. The standard InChI is InChI=1S/C7H9FN2.ClH/c8-5-7(9)6-1-3-10-4-2-6;/h1-4,7H,5,9H2;1H/t7-;/m0./s1. The van der Waals surface area contributed by atoms with Crippen LogP contribution >= 0.6 is 12.4 Å². The van der Waals surface area contributed by atoms with Gasteiger partial charge in [-0.25, -0.2) is 4.39 Å². The molecule has 0 fully saturated rings. The molecule has 11 heavy (non-hydrogen) atoms. The predicted octanol–water partition coefficient (Wildman–Crippen LogP) is 1.47. The Labute approximate surface area is 71.0 Å². The minimum absolute atomic E-state index is 0. The molecule has 0 spiro atoms. The van der Waals surface area contributed by atoms with Crippen molar-refractivity contribution < 1.29 is 4.39 Å². The molecule has 0 radical (unpaired) electrons. The van der Waals surface area contributed by atoms with Gasteiger partial charge in [0.2, 0.25) is 0 Å². The second kappa shape index (κ2) is 5.04. The highest BCUT2D eigenvalue weighted by Crippen LogP contribution is 2.07. The van der Waals surface area contributed by atoms with E-state index >= 15 is 0 Å². The Hall–Kier alpha value is -0.670. The molecule has 1 rings (SSSR count). The van der Waals surface area contributed by atoms with E-state index in [1.165, 1.54) is 0 Å². The normalized spacial score (nSPS) is 11.8. The lowest BCUT2D eigenvalue weighted by atomic mass is 10.1.